The average Bonchev–Trinajstić information content (AvgIpc) is 3.32. The number of aromatic amines is 1. The zero-order valence-corrected chi connectivity index (χ0v) is 19.9. The Balaban J connectivity index is 1.81. The van der Waals surface area contributed by atoms with Crippen molar-refractivity contribution in [2.45, 2.75) is 15.5 Å². The summed E-state index contributed by atoms with van der Waals surface area (Å²) in [5, 5.41) is 15.8. The standard InChI is InChI=1S/C20H19BrN6O2S2/c1-22-31(28,14-9-7-13(21)8-10-14)25-17-11-18(30-12-19-23-26-27-24-19)20(29-2)16-6-4-3-5-15(16)17/h3-11H,12H2,1-2H3,(H,22,25,28)(H,23,24,26,27). The highest BCUT2D eigenvalue weighted by molar-refractivity contribution is 9.10. The van der Waals surface area contributed by atoms with E-state index in [2.05, 4.69) is 45.6 Å². The Hall–Kier alpha value is -2.63. The van der Waals surface area contributed by atoms with Crippen LogP contribution in [0.25, 0.3) is 10.8 Å². The number of fused-ring (bicyclic) bond motifs is 1. The monoisotopic (exact) mass is 518 g/mol. The van der Waals surface area contributed by atoms with Crippen LogP contribution < -0.4 is 9.46 Å². The second-order valence-corrected chi connectivity index (χ2v) is 10.4. The zero-order valence-electron chi connectivity index (χ0n) is 16.7. The molecule has 0 aliphatic heterocycles. The van der Waals surface area contributed by atoms with Gasteiger partial charge >= 0.3 is 0 Å². The van der Waals surface area contributed by atoms with Gasteiger partial charge in [-0.15, -0.1) is 22.0 Å². The summed E-state index contributed by atoms with van der Waals surface area (Å²) in [6.07, 6.45) is 0. The van der Waals surface area contributed by atoms with Crippen LogP contribution in [0.2, 0.25) is 0 Å². The quantitative estimate of drug-likeness (QED) is 0.337. The molecule has 0 saturated heterocycles. The lowest BCUT2D eigenvalue weighted by Gasteiger charge is -2.18. The molecule has 0 bridgehead atoms. The maximum Gasteiger partial charge on any atom is 0.184 e. The van der Waals surface area contributed by atoms with E-state index in [1.807, 2.05) is 42.5 Å². The van der Waals surface area contributed by atoms with Crippen LogP contribution in [0.1, 0.15) is 5.82 Å². The lowest BCUT2D eigenvalue weighted by atomic mass is 10.1. The number of nitrogens with one attached hydrogen (secondary N) is 2. The van der Waals surface area contributed by atoms with Crippen LogP contribution in [-0.4, -0.2) is 39.0 Å². The van der Waals surface area contributed by atoms with Gasteiger partial charge in [0.1, 0.15) is 5.75 Å². The van der Waals surface area contributed by atoms with Crippen molar-refractivity contribution < 1.29 is 8.95 Å². The molecule has 0 amide bonds. The fourth-order valence-corrected chi connectivity index (χ4v) is 5.68. The van der Waals surface area contributed by atoms with Crippen molar-refractivity contribution in [2.75, 3.05) is 18.9 Å². The van der Waals surface area contributed by atoms with Gasteiger partial charge in [-0.05, 0) is 30.3 Å². The van der Waals surface area contributed by atoms with Crippen molar-refractivity contribution in [3.8, 4) is 5.75 Å². The number of ether oxygens (including phenoxy) is 1. The van der Waals surface area contributed by atoms with Gasteiger partial charge in [-0.3, -0.25) is 4.72 Å². The summed E-state index contributed by atoms with van der Waals surface area (Å²) in [5.41, 5.74) is 0.700. The van der Waals surface area contributed by atoms with E-state index in [1.165, 1.54) is 11.8 Å². The van der Waals surface area contributed by atoms with Gasteiger partial charge < -0.3 is 4.74 Å². The van der Waals surface area contributed by atoms with Crippen LogP contribution in [0, 0.1) is 0 Å². The Bertz CT molecular complexity index is 1320. The molecule has 0 aliphatic carbocycles. The number of tetrazole rings is 1. The Morgan fingerprint density at radius 1 is 1.19 bits per heavy atom. The van der Waals surface area contributed by atoms with Gasteiger partial charge in [0.25, 0.3) is 0 Å². The minimum atomic E-state index is -2.90. The predicted molar refractivity (Wildman–Crippen MR) is 127 cm³/mol. The highest BCUT2D eigenvalue weighted by Crippen LogP contribution is 2.42. The number of benzene rings is 3. The third-order valence-electron chi connectivity index (χ3n) is 4.55. The number of anilines is 1. The smallest absolute Gasteiger partial charge is 0.184 e. The molecule has 1 atom stereocenters. The normalized spacial score (nSPS) is 13.0. The van der Waals surface area contributed by atoms with Gasteiger partial charge in [-0.1, -0.05) is 45.4 Å². The third-order valence-corrected chi connectivity index (χ3v) is 8.02. The zero-order chi connectivity index (χ0) is 21.8. The topological polar surface area (TPSA) is 105 Å². The SMILES string of the molecule is CN=S(=O)(Nc1cc(SCc2nn[nH]n2)c(OC)c2ccccc12)c1ccc(Br)cc1. The molecule has 31 heavy (non-hydrogen) atoms. The van der Waals surface area contributed by atoms with Crippen molar-refractivity contribution in [3.63, 3.8) is 0 Å². The predicted octanol–water partition coefficient (Wildman–Crippen LogP) is 4.90. The van der Waals surface area contributed by atoms with E-state index in [0.29, 0.717) is 22.2 Å². The molecule has 8 nitrogen and oxygen atoms in total. The summed E-state index contributed by atoms with van der Waals surface area (Å²) in [6.45, 7) is 0. The first-order valence-corrected chi connectivity index (χ1v) is 12.5. The molecule has 0 fully saturated rings. The van der Waals surface area contributed by atoms with E-state index >= 15 is 0 Å². The van der Waals surface area contributed by atoms with E-state index in [1.54, 1.807) is 26.3 Å². The van der Waals surface area contributed by atoms with Gasteiger partial charge in [-0.2, -0.15) is 5.21 Å². The van der Waals surface area contributed by atoms with Gasteiger partial charge in [0, 0.05) is 22.3 Å². The average molecular weight is 519 g/mol. The molecule has 2 N–H and O–H groups in total. The summed E-state index contributed by atoms with van der Waals surface area (Å²) in [4.78, 5) is 1.46. The third kappa shape index (κ3) is 4.53. The Kier molecular flexibility index (Phi) is 6.44. The molecule has 0 saturated carbocycles. The fraction of sp³-hybridized carbons (Fsp3) is 0.150. The fourth-order valence-electron chi connectivity index (χ4n) is 3.09. The molecule has 4 rings (SSSR count). The molecule has 1 unspecified atom stereocenters. The number of halogens is 1. The van der Waals surface area contributed by atoms with Crippen LogP contribution in [0.3, 0.4) is 0 Å². The number of hydrogen-bond donors (Lipinski definition) is 2. The van der Waals surface area contributed by atoms with Gasteiger partial charge in [-0.25, -0.2) is 8.57 Å². The first-order valence-electron chi connectivity index (χ1n) is 9.17. The molecular weight excluding hydrogens is 500 g/mol. The number of methoxy groups -OCH3 is 1. The molecule has 3 aromatic carbocycles. The maximum atomic E-state index is 13.7. The highest BCUT2D eigenvalue weighted by Gasteiger charge is 2.18. The van der Waals surface area contributed by atoms with Crippen LogP contribution in [0.15, 0.2) is 73.2 Å². The largest absolute Gasteiger partial charge is 0.495 e. The maximum absolute atomic E-state index is 13.7. The Morgan fingerprint density at radius 3 is 2.58 bits per heavy atom. The van der Waals surface area contributed by atoms with Gasteiger partial charge in [0.15, 0.2) is 15.7 Å². The van der Waals surface area contributed by atoms with Gasteiger partial charge in [0.05, 0.1) is 28.3 Å². The van der Waals surface area contributed by atoms with Crippen molar-refractivity contribution in [3.05, 3.63) is 64.9 Å². The van der Waals surface area contributed by atoms with Crippen molar-refractivity contribution in [1.82, 2.24) is 20.6 Å². The Morgan fingerprint density at radius 2 is 1.94 bits per heavy atom. The van der Waals surface area contributed by atoms with E-state index in [9.17, 15) is 4.21 Å². The minimum absolute atomic E-state index is 0.505. The molecule has 0 radical (unpaired) electrons. The van der Waals surface area contributed by atoms with Crippen molar-refractivity contribution >= 4 is 54.1 Å². The molecule has 4 aromatic rings. The number of hydrogen-bond acceptors (Lipinski definition) is 7. The van der Waals surface area contributed by atoms with E-state index in [0.717, 1.165) is 25.9 Å². The molecular formula is C20H19BrN6O2S2. The number of thioether (sulfide) groups is 1. The molecule has 160 valence electrons. The summed E-state index contributed by atoms with van der Waals surface area (Å²) in [7, 11) is 0.292. The molecule has 11 heteroatoms. The molecule has 0 aliphatic rings. The van der Waals surface area contributed by atoms with E-state index in [4.69, 9.17) is 4.74 Å². The van der Waals surface area contributed by atoms with E-state index in [-0.39, 0.29) is 0 Å². The van der Waals surface area contributed by atoms with Crippen LogP contribution >= 0.6 is 27.7 Å². The molecule has 0 spiro atoms. The van der Waals surface area contributed by atoms with Crippen molar-refractivity contribution in [1.29, 1.82) is 0 Å². The number of H-pyrrole nitrogens is 1. The summed E-state index contributed by atoms with van der Waals surface area (Å²) in [6, 6.07) is 17.0. The summed E-state index contributed by atoms with van der Waals surface area (Å²) in [5.74, 6) is 1.82. The van der Waals surface area contributed by atoms with Gasteiger partial charge in [0.2, 0.25) is 0 Å². The van der Waals surface area contributed by atoms with Crippen molar-refractivity contribution in [2.24, 2.45) is 4.36 Å². The van der Waals surface area contributed by atoms with Crippen LogP contribution in [0.5, 0.6) is 5.75 Å². The summed E-state index contributed by atoms with van der Waals surface area (Å²) < 4.78 is 27.8. The van der Waals surface area contributed by atoms with E-state index < -0.39 is 9.92 Å². The minimum Gasteiger partial charge on any atom is -0.495 e. The molecule has 1 heterocycles. The van der Waals surface area contributed by atoms with Crippen LogP contribution in [-0.2, 0) is 15.7 Å². The lowest BCUT2D eigenvalue weighted by molar-refractivity contribution is 0.410. The Labute approximate surface area is 192 Å². The second-order valence-electron chi connectivity index (χ2n) is 6.38. The first-order chi connectivity index (χ1) is 15.0. The highest BCUT2D eigenvalue weighted by atomic mass is 79.9. The second kappa shape index (κ2) is 9.25. The first kappa shape index (κ1) is 21.6. The number of nitrogens with zero attached hydrogens (tertiary/aromatic N) is 4. The number of aromatic nitrogens is 4. The lowest BCUT2D eigenvalue weighted by Crippen LogP contribution is -2.13. The van der Waals surface area contributed by atoms with Crippen LogP contribution in [0.4, 0.5) is 5.69 Å². The number of rotatable bonds is 7. The summed E-state index contributed by atoms with van der Waals surface area (Å²) >= 11 is 4.93. The molecule has 1 aromatic heterocycles.